The summed E-state index contributed by atoms with van der Waals surface area (Å²) in [5.74, 6) is 2.45. The average Bonchev–Trinajstić information content (AvgIpc) is 3.27. The Balaban J connectivity index is 1.51. The molecule has 1 N–H and O–H groups in total. The SMILES string of the molecule is COc1ccc(CNc2nc3cc(Br)ccc3c3cn(Cc4ccc(OC)cc4)nc23)cc1. The highest BCUT2D eigenvalue weighted by molar-refractivity contribution is 9.10. The van der Waals surface area contributed by atoms with Crippen molar-refractivity contribution in [1.82, 2.24) is 14.8 Å². The summed E-state index contributed by atoms with van der Waals surface area (Å²) in [5.41, 5.74) is 4.05. The van der Waals surface area contributed by atoms with Crippen LogP contribution in [0.2, 0.25) is 0 Å². The summed E-state index contributed by atoms with van der Waals surface area (Å²) in [6.45, 7) is 1.30. The van der Waals surface area contributed by atoms with Crippen molar-refractivity contribution < 1.29 is 9.47 Å². The maximum atomic E-state index is 5.27. The monoisotopic (exact) mass is 502 g/mol. The molecule has 33 heavy (non-hydrogen) atoms. The second-order valence-electron chi connectivity index (χ2n) is 7.76. The number of anilines is 1. The number of nitrogens with zero attached hydrogens (tertiary/aromatic N) is 3. The van der Waals surface area contributed by atoms with E-state index in [4.69, 9.17) is 19.6 Å². The molecule has 2 aromatic heterocycles. The van der Waals surface area contributed by atoms with E-state index in [0.29, 0.717) is 13.1 Å². The minimum Gasteiger partial charge on any atom is -0.497 e. The first kappa shape index (κ1) is 21.3. The second kappa shape index (κ2) is 9.11. The van der Waals surface area contributed by atoms with Crippen molar-refractivity contribution in [1.29, 1.82) is 0 Å². The van der Waals surface area contributed by atoms with Gasteiger partial charge in [0.2, 0.25) is 0 Å². The van der Waals surface area contributed by atoms with Crippen molar-refractivity contribution in [2.24, 2.45) is 0 Å². The fourth-order valence-electron chi connectivity index (χ4n) is 3.84. The summed E-state index contributed by atoms with van der Waals surface area (Å²) in [6.07, 6.45) is 2.09. The Morgan fingerprint density at radius 3 is 2.18 bits per heavy atom. The molecule has 5 aromatic rings. The summed E-state index contributed by atoms with van der Waals surface area (Å²) >= 11 is 3.57. The van der Waals surface area contributed by atoms with Crippen molar-refractivity contribution in [3.63, 3.8) is 0 Å². The third-order valence-electron chi connectivity index (χ3n) is 5.59. The highest BCUT2D eigenvalue weighted by Gasteiger charge is 2.13. The third-order valence-corrected chi connectivity index (χ3v) is 6.08. The van der Waals surface area contributed by atoms with E-state index in [0.717, 1.165) is 54.7 Å². The molecule has 0 saturated heterocycles. The molecule has 0 atom stereocenters. The topological polar surface area (TPSA) is 61.2 Å². The molecule has 0 aliphatic rings. The predicted molar refractivity (Wildman–Crippen MR) is 135 cm³/mol. The molecule has 0 spiro atoms. The van der Waals surface area contributed by atoms with Crippen LogP contribution >= 0.6 is 15.9 Å². The first-order valence-corrected chi connectivity index (χ1v) is 11.4. The quantitative estimate of drug-likeness (QED) is 0.294. The molecule has 3 aromatic carbocycles. The fourth-order valence-corrected chi connectivity index (χ4v) is 4.19. The van der Waals surface area contributed by atoms with E-state index >= 15 is 0 Å². The molecular weight excluding hydrogens is 480 g/mol. The molecule has 0 fully saturated rings. The van der Waals surface area contributed by atoms with E-state index in [1.165, 1.54) is 0 Å². The number of methoxy groups -OCH3 is 2. The van der Waals surface area contributed by atoms with Gasteiger partial charge < -0.3 is 14.8 Å². The standard InChI is InChI=1S/C26H23BrN4O2/c1-32-20-8-3-17(4-9-20)14-28-26-25-23(22-12-7-19(27)13-24(22)29-26)16-31(30-25)15-18-5-10-21(33-2)11-6-18/h3-13,16H,14-15H2,1-2H3,(H,28,29). The van der Waals surface area contributed by atoms with E-state index in [1.807, 2.05) is 53.2 Å². The van der Waals surface area contributed by atoms with Gasteiger partial charge in [0.1, 0.15) is 17.0 Å². The first-order chi connectivity index (χ1) is 16.1. The number of hydrogen-bond acceptors (Lipinski definition) is 5. The van der Waals surface area contributed by atoms with Gasteiger partial charge in [-0.15, -0.1) is 0 Å². The van der Waals surface area contributed by atoms with Crippen LogP contribution in [-0.4, -0.2) is 29.0 Å². The van der Waals surface area contributed by atoms with Gasteiger partial charge in [-0.05, 0) is 47.5 Å². The largest absolute Gasteiger partial charge is 0.497 e. The van der Waals surface area contributed by atoms with E-state index in [1.54, 1.807) is 14.2 Å². The van der Waals surface area contributed by atoms with Crippen LogP contribution in [0.15, 0.2) is 77.4 Å². The highest BCUT2D eigenvalue weighted by atomic mass is 79.9. The Morgan fingerprint density at radius 1 is 0.848 bits per heavy atom. The normalized spacial score (nSPS) is 11.1. The van der Waals surface area contributed by atoms with Crippen LogP contribution in [-0.2, 0) is 13.1 Å². The number of aromatic nitrogens is 3. The zero-order valence-corrected chi connectivity index (χ0v) is 20.0. The minimum absolute atomic E-state index is 0.636. The van der Waals surface area contributed by atoms with Crippen LogP contribution in [0, 0.1) is 0 Å². The highest BCUT2D eigenvalue weighted by Crippen LogP contribution is 2.31. The van der Waals surface area contributed by atoms with Gasteiger partial charge >= 0.3 is 0 Å². The summed E-state index contributed by atoms with van der Waals surface area (Å²) in [4.78, 5) is 4.90. The van der Waals surface area contributed by atoms with Crippen LogP contribution in [0.25, 0.3) is 21.8 Å². The first-order valence-electron chi connectivity index (χ1n) is 10.6. The summed E-state index contributed by atoms with van der Waals surface area (Å²) in [5, 5.41) is 10.5. The van der Waals surface area contributed by atoms with Gasteiger partial charge in [0.05, 0.1) is 26.3 Å². The summed E-state index contributed by atoms with van der Waals surface area (Å²) in [7, 11) is 3.34. The Kier molecular flexibility index (Phi) is 5.88. The lowest BCUT2D eigenvalue weighted by Crippen LogP contribution is -2.03. The smallest absolute Gasteiger partial charge is 0.155 e. The van der Waals surface area contributed by atoms with Crippen molar-refractivity contribution in [2.75, 3.05) is 19.5 Å². The summed E-state index contributed by atoms with van der Waals surface area (Å²) < 4.78 is 13.5. The Morgan fingerprint density at radius 2 is 1.52 bits per heavy atom. The molecule has 0 unspecified atom stereocenters. The average molecular weight is 503 g/mol. The molecule has 5 rings (SSSR count). The lowest BCUT2D eigenvalue weighted by molar-refractivity contribution is 0.414. The number of pyridine rings is 1. The van der Waals surface area contributed by atoms with Crippen molar-refractivity contribution in [3.05, 3.63) is 88.5 Å². The number of ether oxygens (including phenoxy) is 2. The van der Waals surface area contributed by atoms with Crippen molar-refractivity contribution >= 4 is 43.6 Å². The van der Waals surface area contributed by atoms with Crippen LogP contribution in [0.4, 0.5) is 5.82 Å². The molecule has 7 heteroatoms. The van der Waals surface area contributed by atoms with Gasteiger partial charge in [-0.3, -0.25) is 4.68 Å². The van der Waals surface area contributed by atoms with Gasteiger partial charge in [-0.2, -0.15) is 5.10 Å². The Hall–Kier alpha value is -3.58. The maximum Gasteiger partial charge on any atom is 0.155 e. The molecule has 0 aliphatic heterocycles. The van der Waals surface area contributed by atoms with E-state index in [9.17, 15) is 0 Å². The molecule has 0 aliphatic carbocycles. The molecule has 2 heterocycles. The Labute approximate surface area is 200 Å². The number of fused-ring (bicyclic) bond motifs is 3. The second-order valence-corrected chi connectivity index (χ2v) is 8.68. The van der Waals surface area contributed by atoms with Crippen LogP contribution < -0.4 is 14.8 Å². The zero-order chi connectivity index (χ0) is 22.8. The van der Waals surface area contributed by atoms with E-state index in [-0.39, 0.29) is 0 Å². The molecule has 0 bridgehead atoms. The predicted octanol–water partition coefficient (Wildman–Crippen LogP) is 6.02. The molecule has 0 saturated carbocycles. The molecular formula is C26H23BrN4O2. The molecule has 0 radical (unpaired) electrons. The number of benzene rings is 3. The molecule has 6 nitrogen and oxygen atoms in total. The minimum atomic E-state index is 0.636. The molecule has 166 valence electrons. The Bertz CT molecular complexity index is 1410. The fraction of sp³-hybridized carbons (Fsp3) is 0.154. The molecule has 0 amide bonds. The lowest BCUT2D eigenvalue weighted by atomic mass is 10.1. The third kappa shape index (κ3) is 4.50. The number of hydrogen-bond donors (Lipinski definition) is 1. The maximum absolute atomic E-state index is 5.27. The van der Waals surface area contributed by atoms with E-state index < -0.39 is 0 Å². The van der Waals surface area contributed by atoms with Gasteiger partial charge in [-0.1, -0.05) is 46.3 Å². The van der Waals surface area contributed by atoms with Crippen LogP contribution in [0.1, 0.15) is 11.1 Å². The number of halogens is 1. The zero-order valence-electron chi connectivity index (χ0n) is 18.4. The van der Waals surface area contributed by atoms with Crippen molar-refractivity contribution in [3.8, 4) is 11.5 Å². The summed E-state index contributed by atoms with van der Waals surface area (Å²) in [6, 6.07) is 22.2. The number of rotatable bonds is 7. The van der Waals surface area contributed by atoms with Gasteiger partial charge in [0.15, 0.2) is 5.82 Å². The van der Waals surface area contributed by atoms with Crippen LogP contribution in [0.3, 0.4) is 0 Å². The lowest BCUT2D eigenvalue weighted by Gasteiger charge is -2.09. The van der Waals surface area contributed by atoms with E-state index in [2.05, 4.69) is 45.6 Å². The van der Waals surface area contributed by atoms with Gasteiger partial charge in [-0.25, -0.2) is 4.98 Å². The van der Waals surface area contributed by atoms with Crippen LogP contribution in [0.5, 0.6) is 11.5 Å². The number of nitrogens with one attached hydrogen (secondary N) is 1. The van der Waals surface area contributed by atoms with Gasteiger partial charge in [0.25, 0.3) is 0 Å². The van der Waals surface area contributed by atoms with Gasteiger partial charge in [0, 0.05) is 28.0 Å². The van der Waals surface area contributed by atoms with Crippen molar-refractivity contribution in [2.45, 2.75) is 13.1 Å².